The summed E-state index contributed by atoms with van der Waals surface area (Å²) < 4.78 is 0.970. The van der Waals surface area contributed by atoms with E-state index in [2.05, 4.69) is 10.3 Å². The second kappa shape index (κ2) is 6.43. The van der Waals surface area contributed by atoms with Crippen molar-refractivity contribution in [3.05, 3.63) is 23.3 Å². The van der Waals surface area contributed by atoms with E-state index in [4.69, 9.17) is 5.73 Å². The van der Waals surface area contributed by atoms with Gasteiger partial charge in [-0.25, -0.2) is 0 Å². The molecule has 21 heavy (non-hydrogen) atoms. The summed E-state index contributed by atoms with van der Waals surface area (Å²) in [7, 11) is 0. The topological polar surface area (TPSA) is 68.0 Å². The van der Waals surface area contributed by atoms with Gasteiger partial charge in [0.05, 0.1) is 10.4 Å². The van der Waals surface area contributed by atoms with Gasteiger partial charge in [0, 0.05) is 23.8 Å². The summed E-state index contributed by atoms with van der Waals surface area (Å²) in [6, 6.07) is 2.16. The molecular weight excluding hydrogens is 282 g/mol. The van der Waals surface area contributed by atoms with E-state index in [0.717, 1.165) is 22.9 Å². The number of carbonyl (C=O) groups excluding carboxylic acids is 1. The molecule has 0 radical (unpaired) electrons. The summed E-state index contributed by atoms with van der Waals surface area (Å²) in [5.41, 5.74) is 6.71. The summed E-state index contributed by atoms with van der Waals surface area (Å²) in [6.07, 6.45) is 11.9. The highest BCUT2D eigenvalue weighted by molar-refractivity contribution is 7.21. The lowest BCUT2D eigenvalue weighted by molar-refractivity contribution is 0.0935. The molecule has 2 aromatic heterocycles. The Morgan fingerprint density at radius 1 is 1.24 bits per heavy atom. The number of anilines is 1. The molecule has 3 N–H and O–H groups in total. The highest BCUT2D eigenvalue weighted by Gasteiger charge is 2.20. The Morgan fingerprint density at radius 3 is 2.67 bits per heavy atom. The zero-order valence-corrected chi connectivity index (χ0v) is 12.9. The fourth-order valence-electron chi connectivity index (χ4n) is 2.99. The molecule has 4 nitrogen and oxygen atoms in total. The number of nitrogens with two attached hydrogens (primary N) is 1. The van der Waals surface area contributed by atoms with Crippen LogP contribution in [0.3, 0.4) is 0 Å². The van der Waals surface area contributed by atoms with Gasteiger partial charge in [-0.05, 0) is 18.9 Å². The predicted octanol–water partition coefficient (Wildman–Crippen LogP) is 3.72. The van der Waals surface area contributed by atoms with E-state index in [1.807, 2.05) is 6.07 Å². The second-order valence-corrected chi connectivity index (χ2v) is 6.78. The molecule has 1 amide bonds. The average Bonchev–Trinajstić information content (AvgIpc) is 2.79. The van der Waals surface area contributed by atoms with Crippen LogP contribution in [0.15, 0.2) is 18.5 Å². The number of amides is 1. The van der Waals surface area contributed by atoms with Crippen LogP contribution in [0.25, 0.3) is 10.1 Å². The summed E-state index contributed by atoms with van der Waals surface area (Å²) in [5, 5.41) is 4.10. The molecule has 1 fully saturated rings. The number of fused-ring (bicyclic) bond motifs is 1. The standard InChI is InChI=1S/C16H21N3OS/c17-14-12-8-9-18-10-13(12)21-15(14)16(20)19-11-6-4-2-1-3-5-7-11/h8-11H,1-7,17H2,(H,19,20). The van der Waals surface area contributed by atoms with Crippen molar-refractivity contribution in [2.75, 3.05) is 5.73 Å². The number of aromatic nitrogens is 1. The fraction of sp³-hybridized carbons (Fsp3) is 0.500. The quantitative estimate of drug-likeness (QED) is 0.888. The smallest absolute Gasteiger partial charge is 0.263 e. The molecule has 0 atom stereocenters. The number of thiophene rings is 1. The van der Waals surface area contributed by atoms with Gasteiger partial charge in [0.15, 0.2) is 0 Å². The first kappa shape index (κ1) is 14.3. The number of hydrogen-bond donors (Lipinski definition) is 2. The summed E-state index contributed by atoms with van der Waals surface area (Å²) >= 11 is 1.43. The van der Waals surface area contributed by atoms with Gasteiger partial charge >= 0.3 is 0 Å². The van der Waals surface area contributed by atoms with Gasteiger partial charge in [0.1, 0.15) is 4.88 Å². The van der Waals surface area contributed by atoms with E-state index in [0.29, 0.717) is 16.6 Å². The third-order valence-corrected chi connectivity index (χ3v) is 5.33. The number of nitrogens with zero attached hydrogens (tertiary/aromatic N) is 1. The lowest BCUT2D eigenvalue weighted by Crippen LogP contribution is -2.35. The normalized spacial score (nSPS) is 17.3. The third kappa shape index (κ3) is 3.18. The van der Waals surface area contributed by atoms with Crippen molar-refractivity contribution >= 4 is 33.0 Å². The number of carbonyl (C=O) groups is 1. The zero-order chi connectivity index (χ0) is 14.7. The van der Waals surface area contributed by atoms with Crippen LogP contribution in [0.2, 0.25) is 0 Å². The van der Waals surface area contributed by atoms with Crippen LogP contribution in [0.4, 0.5) is 5.69 Å². The minimum atomic E-state index is -0.0285. The van der Waals surface area contributed by atoms with Gasteiger partial charge in [0.25, 0.3) is 5.91 Å². The first-order chi connectivity index (χ1) is 10.3. The SMILES string of the molecule is Nc1c(C(=O)NC2CCCCCCC2)sc2cnccc12. The van der Waals surface area contributed by atoms with Gasteiger partial charge in [-0.2, -0.15) is 0 Å². The van der Waals surface area contributed by atoms with E-state index in [-0.39, 0.29) is 5.91 Å². The van der Waals surface area contributed by atoms with Gasteiger partial charge in [-0.3, -0.25) is 9.78 Å². The van der Waals surface area contributed by atoms with Crippen LogP contribution < -0.4 is 11.1 Å². The largest absolute Gasteiger partial charge is 0.397 e. The first-order valence-corrected chi connectivity index (χ1v) is 8.50. The van der Waals surface area contributed by atoms with Crippen molar-refractivity contribution in [2.24, 2.45) is 0 Å². The Kier molecular flexibility index (Phi) is 4.39. The van der Waals surface area contributed by atoms with Crippen LogP contribution in [0, 0.1) is 0 Å². The molecular formula is C16H21N3OS. The van der Waals surface area contributed by atoms with Crippen molar-refractivity contribution in [3.8, 4) is 0 Å². The molecule has 0 unspecified atom stereocenters. The molecule has 0 spiro atoms. The maximum atomic E-state index is 12.5. The number of hydrogen-bond acceptors (Lipinski definition) is 4. The molecule has 0 aliphatic heterocycles. The fourth-order valence-corrected chi connectivity index (χ4v) is 3.98. The monoisotopic (exact) mass is 303 g/mol. The minimum Gasteiger partial charge on any atom is -0.397 e. The van der Waals surface area contributed by atoms with Gasteiger partial charge in [0.2, 0.25) is 0 Å². The van der Waals surface area contributed by atoms with E-state index >= 15 is 0 Å². The predicted molar refractivity (Wildman–Crippen MR) is 87.6 cm³/mol. The van der Waals surface area contributed by atoms with Crippen molar-refractivity contribution in [1.29, 1.82) is 0 Å². The minimum absolute atomic E-state index is 0.0285. The first-order valence-electron chi connectivity index (χ1n) is 7.68. The summed E-state index contributed by atoms with van der Waals surface area (Å²) in [5.74, 6) is -0.0285. The molecule has 2 heterocycles. The Labute approximate surface area is 128 Å². The number of nitrogens with one attached hydrogen (secondary N) is 1. The van der Waals surface area contributed by atoms with Gasteiger partial charge in [-0.1, -0.05) is 32.1 Å². The molecule has 5 heteroatoms. The lowest BCUT2D eigenvalue weighted by atomic mass is 9.96. The van der Waals surface area contributed by atoms with Gasteiger partial charge < -0.3 is 11.1 Å². The molecule has 0 saturated heterocycles. The Bertz CT molecular complexity index is 629. The molecule has 112 valence electrons. The molecule has 3 rings (SSSR count). The van der Waals surface area contributed by atoms with E-state index < -0.39 is 0 Å². The number of pyridine rings is 1. The molecule has 2 aromatic rings. The number of nitrogen functional groups attached to an aromatic ring is 1. The second-order valence-electron chi connectivity index (χ2n) is 5.73. The van der Waals surface area contributed by atoms with E-state index in [1.54, 1.807) is 12.4 Å². The van der Waals surface area contributed by atoms with Crippen LogP contribution in [0.5, 0.6) is 0 Å². The molecule has 0 bridgehead atoms. The zero-order valence-electron chi connectivity index (χ0n) is 12.1. The summed E-state index contributed by atoms with van der Waals surface area (Å²) in [6.45, 7) is 0. The van der Waals surface area contributed by atoms with Crippen molar-refractivity contribution in [3.63, 3.8) is 0 Å². The molecule has 1 aliphatic rings. The Morgan fingerprint density at radius 2 is 1.95 bits per heavy atom. The highest BCUT2D eigenvalue weighted by Crippen LogP contribution is 2.33. The van der Waals surface area contributed by atoms with Crippen LogP contribution in [-0.4, -0.2) is 16.9 Å². The maximum Gasteiger partial charge on any atom is 0.263 e. The third-order valence-electron chi connectivity index (χ3n) is 4.18. The van der Waals surface area contributed by atoms with Gasteiger partial charge in [-0.15, -0.1) is 11.3 Å². The average molecular weight is 303 g/mol. The van der Waals surface area contributed by atoms with Crippen molar-refractivity contribution in [2.45, 2.75) is 51.0 Å². The Hall–Kier alpha value is -1.62. The van der Waals surface area contributed by atoms with Crippen molar-refractivity contribution in [1.82, 2.24) is 10.3 Å². The lowest BCUT2D eigenvalue weighted by Gasteiger charge is -2.20. The van der Waals surface area contributed by atoms with E-state index in [1.165, 1.54) is 43.4 Å². The van der Waals surface area contributed by atoms with Crippen LogP contribution >= 0.6 is 11.3 Å². The maximum absolute atomic E-state index is 12.5. The molecule has 0 aromatic carbocycles. The highest BCUT2D eigenvalue weighted by atomic mass is 32.1. The molecule has 1 aliphatic carbocycles. The van der Waals surface area contributed by atoms with Crippen LogP contribution in [-0.2, 0) is 0 Å². The van der Waals surface area contributed by atoms with Crippen molar-refractivity contribution < 1.29 is 4.79 Å². The van der Waals surface area contributed by atoms with Crippen LogP contribution in [0.1, 0.15) is 54.6 Å². The summed E-state index contributed by atoms with van der Waals surface area (Å²) in [4.78, 5) is 17.2. The Balaban J connectivity index is 1.75. The molecule has 1 saturated carbocycles. The number of rotatable bonds is 2. The van der Waals surface area contributed by atoms with E-state index in [9.17, 15) is 4.79 Å².